The van der Waals surface area contributed by atoms with Gasteiger partial charge >= 0.3 is 11.9 Å². The summed E-state index contributed by atoms with van der Waals surface area (Å²) in [4.78, 5) is 32.6. The van der Waals surface area contributed by atoms with Crippen LogP contribution in [-0.2, 0) is 24.0 Å². The molecule has 0 amide bonds. The Morgan fingerprint density at radius 2 is 1.71 bits per heavy atom. The average molecular weight is 578 g/mol. The van der Waals surface area contributed by atoms with Crippen LogP contribution in [0.4, 0.5) is 0 Å². The molecule has 41 heavy (non-hydrogen) atoms. The van der Waals surface area contributed by atoms with Gasteiger partial charge in [-0.15, -0.1) is 0 Å². The summed E-state index contributed by atoms with van der Waals surface area (Å²) in [5, 5.41) is 49.1. The van der Waals surface area contributed by atoms with Gasteiger partial charge in [-0.25, -0.2) is 0 Å². The Hall–Kier alpha value is -3.86. The molecule has 0 aromatic heterocycles. The second-order valence-electron chi connectivity index (χ2n) is 9.78. The number of aliphatic carboxylic acids is 1. The smallest absolute Gasteiger partial charge is 0.317 e. The molecule has 0 radical (unpaired) electrons. The van der Waals surface area contributed by atoms with Crippen molar-refractivity contribution in [1.29, 1.82) is 0 Å². The van der Waals surface area contributed by atoms with Gasteiger partial charge in [-0.1, -0.05) is 0 Å². The number of rotatable bonds is 8. The van der Waals surface area contributed by atoms with Crippen molar-refractivity contribution in [3.63, 3.8) is 0 Å². The van der Waals surface area contributed by atoms with E-state index in [0.29, 0.717) is 35.2 Å². The van der Waals surface area contributed by atoms with Gasteiger partial charge in [-0.2, -0.15) is 4.89 Å². The highest BCUT2D eigenvalue weighted by Gasteiger charge is 2.47. The number of esters is 1. The summed E-state index contributed by atoms with van der Waals surface area (Å²) in [6.07, 6.45) is -10.1. The van der Waals surface area contributed by atoms with E-state index in [2.05, 4.69) is 0 Å². The third-order valence-corrected chi connectivity index (χ3v) is 7.09. The maximum atomic E-state index is 11.4. The summed E-state index contributed by atoms with van der Waals surface area (Å²) in [6.45, 7) is -0.556. The molecular formula is C26H26O15. The fourth-order valence-electron chi connectivity index (χ4n) is 5.09. The van der Waals surface area contributed by atoms with E-state index in [4.69, 9.17) is 43.3 Å². The zero-order chi connectivity index (χ0) is 28.8. The van der Waals surface area contributed by atoms with E-state index >= 15 is 0 Å². The lowest BCUT2D eigenvalue weighted by Crippen LogP contribution is -2.59. The van der Waals surface area contributed by atoms with E-state index in [9.17, 15) is 30.0 Å². The third kappa shape index (κ3) is 5.18. The second kappa shape index (κ2) is 10.8. The largest absolute Gasteiger partial charge is 0.492 e. The minimum atomic E-state index is -1.79. The van der Waals surface area contributed by atoms with E-state index in [1.807, 2.05) is 0 Å². The first-order valence-electron chi connectivity index (χ1n) is 12.7. The Kier molecular flexibility index (Phi) is 7.23. The molecule has 15 nitrogen and oxygen atoms in total. The van der Waals surface area contributed by atoms with Gasteiger partial charge in [0.1, 0.15) is 55.5 Å². The molecule has 8 atom stereocenters. The van der Waals surface area contributed by atoms with Crippen molar-refractivity contribution < 1.29 is 73.3 Å². The van der Waals surface area contributed by atoms with Crippen molar-refractivity contribution in [1.82, 2.24) is 0 Å². The molecule has 2 aromatic rings. The van der Waals surface area contributed by atoms with Gasteiger partial charge in [0.15, 0.2) is 29.6 Å². The van der Waals surface area contributed by atoms with Crippen LogP contribution in [0.3, 0.4) is 0 Å². The predicted molar refractivity (Wildman–Crippen MR) is 128 cm³/mol. The molecule has 0 unspecified atom stereocenters. The van der Waals surface area contributed by atoms with Gasteiger partial charge < -0.3 is 58.8 Å². The normalized spacial score (nSPS) is 30.7. The van der Waals surface area contributed by atoms with Gasteiger partial charge in [0, 0.05) is 17.2 Å². The van der Waals surface area contributed by atoms with Crippen LogP contribution in [0.25, 0.3) is 0 Å². The number of aliphatic hydroxyl groups excluding tert-OH is 4. The van der Waals surface area contributed by atoms with Crippen LogP contribution in [0.1, 0.15) is 29.6 Å². The topological polar surface area (TPSA) is 209 Å². The minimum Gasteiger partial charge on any atom is -0.492 e. The molecule has 6 rings (SSSR count). The van der Waals surface area contributed by atoms with Crippen molar-refractivity contribution in [2.45, 2.75) is 55.4 Å². The molecule has 0 spiro atoms. The molecule has 1 saturated heterocycles. The SMILES string of the molecule is O=C(O)CC(=O)OC[C@H]1O[C@@H](O)[C@@H](OOc2ccc3c(c2)[C@@H]2Oc4cc5c(cc4[C@H]2CO3)O[C@@H](CO)O5)[C@@H](O)[C@@H]1O. The highest BCUT2D eigenvalue weighted by atomic mass is 17.2. The standard InChI is InChI=1S/C26H26O15/c27-7-21-36-16-4-11-13-8-34-14-2-1-10(3-12(14)24(13)38-15(11)5-17(16)37-21)40-41-25-23(32)22(31)18(39-26(25)33)9-35-20(30)6-19(28)29/h1-5,13,18,21-27,31-33H,6-9H2,(H,28,29)/t13-,18-,21-,22-,23+,24+,25+,26-/m1/s1. The molecule has 4 aliphatic heterocycles. The van der Waals surface area contributed by atoms with E-state index in [1.165, 1.54) is 6.07 Å². The van der Waals surface area contributed by atoms with E-state index in [0.717, 1.165) is 5.56 Å². The number of carbonyl (C=O) groups excluding carboxylic acids is 1. The van der Waals surface area contributed by atoms with Crippen LogP contribution in [-0.4, -0.2) is 94.3 Å². The minimum absolute atomic E-state index is 0.172. The quantitative estimate of drug-likeness (QED) is 0.116. The molecule has 15 heteroatoms. The van der Waals surface area contributed by atoms with Crippen molar-refractivity contribution in [2.24, 2.45) is 0 Å². The van der Waals surface area contributed by atoms with Crippen molar-refractivity contribution in [3.05, 3.63) is 41.5 Å². The number of carboxylic acid groups (broad SMARTS) is 1. The molecule has 5 N–H and O–H groups in total. The molecule has 0 bridgehead atoms. The zero-order valence-electron chi connectivity index (χ0n) is 21.2. The second-order valence-corrected chi connectivity index (χ2v) is 9.78. The molecule has 1 fully saturated rings. The maximum absolute atomic E-state index is 11.4. The van der Waals surface area contributed by atoms with Gasteiger partial charge in [-0.05, 0) is 24.3 Å². The fraction of sp³-hybridized carbons (Fsp3) is 0.462. The Bertz CT molecular complexity index is 1330. The van der Waals surface area contributed by atoms with E-state index < -0.39 is 68.1 Å². The van der Waals surface area contributed by atoms with Gasteiger partial charge in [-0.3, -0.25) is 9.59 Å². The van der Waals surface area contributed by atoms with Crippen LogP contribution in [0.15, 0.2) is 30.3 Å². The number of carbonyl (C=O) groups is 2. The summed E-state index contributed by atoms with van der Waals surface area (Å²) in [6, 6.07) is 8.31. The number of fused-ring (bicyclic) bond motifs is 6. The lowest BCUT2D eigenvalue weighted by atomic mass is 9.89. The van der Waals surface area contributed by atoms with Crippen LogP contribution >= 0.6 is 0 Å². The Morgan fingerprint density at radius 1 is 0.927 bits per heavy atom. The van der Waals surface area contributed by atoms with Crippen LogP contribution in [0.2, 0.25) is 0 Å². The number of hydrogen-bond acceptors (Lipinski definition) is 14. The third-order valence-electron chi connectivity index (χ3n) is 7.09. The first-order chi connectivity index (χ1) is 19.7. The van der Waals surface area contributed by atoms with E-state index in [1.54, 1.807) is 24.3 Å². The number of carboxylic acids is 1. The molecule has 0 aliphatic carbocycles. The number of benzene rings is 2. The van der Waals surface area contributed by atoms with Crippen LogP contribution in [0.5, 0.6) is 28.7 Å². The first kappa shape index (κ1) is 27.3. The van der Waals surface area contributed by atoms with Crippen molar-refractivity contribution in [2.75, 3.05) is 19.8 Å². The zero-order valence-corrected chi connectivity index (χ0v) is 21.2. The molecule has 4 aliphatic rings. The van der Waals surface area contributed by atoms with Crippen LogP contribution in [0, 0.1) is 0 Å². The summed E-state index contributed by atoms with van der Waals surface area (Å²) in [7, 11) is 0. The van der Waals surface area contributed by atoms with Crippen molar-refractivity contribution in [3.8, 4) is 28.7 Å². The van der Waals surface area contributed by atoms with Crippen LogP contribution < -0.4 is 23.8 Å². The molecule has 4 heterocycles. The summed E-state index contributed by atoms with van der Waals surface area (Å²) < 4.78 is 33.2. The Labute approximate surface area is 231 Å². The lowest BCUT2D eigenvalue weighted by molar-refractivity contribution is -0.365. The highest BCUT2D eigenvalue weighted by Crippen LogP contribution is 2.54. The van der Waals surface area contributed by atoms with Gasteiger partial charge in [0.05, 0.1) is 12.5 Å². The maximum Gasteiger partial charge on any atom is 0.317 e. The average Bonchev–Trinajstić information content (AvgIpc) is 3.52. The van der Waals surface area contributed by atoms with Gasteiger partial charge in [0.25, 0.3) is 6.29 Å². The number of aliphatic hydroxyl groups is 4. The monoisotopic (exact) mass is 578 g/mol. The Morgan fingerprint density at radius 3 is 2.46 bits per heavy atom. The number of ether oxygens (including phenoxy) is 6. The summed E-state index contributed by atoms with van der Waals surface area (Å²) in [5.74, 6) is -0.377. The molecule has 220 valence electrons. The highest BCUT2D eigenvalue weighted by molar-refractivity contribution is 5.90. The fourth-order valence-corrected chi connectivity index (χ4v) is 5.09. The number of hydrogen-bond donors (Lipinski definition) is 5. The lowest BCUT2D eigenvalue weighted by Gasteiger charge is -2.39. The molecule has 2 aromatic carbocycles. The molecular weight excluding hydrogens is 552 g/mol. The first-order valence-corrected chi connectivity index (χ1v) is 12.7. The van der Waals surface area contributed by atoms with E-state index in [-0.39, 0.29) is 18.3 Å². The van der Waals surface area contributed by atoms with Gasteiger partial charge in [0.2, 0.25) is 0 Å². The van der Waals surface area contributed by atoms with Crippen molar-refractivity contribution >= 4 is 11.9 Å². The summed E-state index contributed by atoms with van der Waals surface area (Å²) >= 11 is 0. The summed E-state index contributed by atoms with van der Waals surface area (Å²) in [5.41, 5.74) is 1.50. The Balaban J connectivity index is 1.10. The predicted octanol–water partition coefficient (Wildman–Crippen LogP) is -0.478. The molecule has 0 saturated carbocycles.